The van der Waals surface area contributed by atoms with E-state index in [9.17, 15) is 22.8 Å². The Bertz CT molecular complexity index is 819. The highest BCUT2D eigenvalue weighted by atomic mass is 32.1. The molecule has 2 amide bonds. The van der Waals surface area contributed by atoms with Crippen molar-refractivity contribution in [3.63, 3.8) is 0 Å². The van der Waals surface area contributed by atoms with Gasteiger partial charge in [-0.25, -0.2) is 4.98 Å². The van der Waals surface area contributed by atoms with Gasteiger partial charge in [-0.2, -0.15) is 13.2 Å². The normalized spacial score (nSPS) is 11.5. The average Bonchev–Trinajstić information content (AvgIpc) is 3.01. The lowest BCUT2D eigenvalue weighted by atomic mass is 10.2. The number of anilines is 1. The van der Waals surface area contributed by atoms with Crippen molar-refractivity contribution in [3.8, 4) is 5.75 Å². The number of ether oxygens (including phenoxy) is 1. The third-order valence-electron chi connectivity index (χ3n) is 3.92. The first kappa shape index (κ1) is 21.9. The minimum Gasteiger partial charge on any atom is -0.484 e. The monoisotopic (exact) mass is 417 g/mol. The summed E-state index contributed by atoms with van der Waals surface area (Å²) in [4.78, 5) is 29.9. The van der Waals surface area contributed by atoms with Crippen molar-refractivity contribution < 1.29 is 27.5 Å². The van der Waals surface area contributed by atoms with Crippen LogP contribution >= 0.6 is 11.3 Å². The van der Waals surface area contributed by atoms with E-state index >= 15 is 0 Å². The van der Waals surface area contributed by atoms with Gasteiger partial charge >= 0.3 is 6.18 Å². The van der Waals surface area contributed by atoms with Crippen molar-refractivity contribution >= 4 is 38.5 Å². The number of halogens is 3. The van der Waals surface area contributed by atoms with E-state index in [0.29, 0.717) is 41.3 Å². The number of carbonyl (C=O) groups excluding carboxylic acids is 2. The predicted octanol–water partition coefficient (Wildman–Crippen LogP) is 4.21. The summed E-state index contributed by atoms with van der Waals surface area (Å²) in [5, 5.41) is 3.01. The number of carbonyl (C=O) groups is 2. The molecule has 0 atom stereocenters. The number of rotatable bonds is 9. The van der Waals surface area contributed by atoms with Crippen molar-refractivity contribution in [2.24, 2.45) is 0 Å². The van der Waals surface area contributed by atoms with Gasteiger partial charge in [0.05, 0.1) is 10.2 Å². The van der Waals surface area contributed by atoms with E-state index in [1.54, 1.807) is 4.90 Å². The molecule has 1 heterocycles. The number of benzene rings is 1. The molecule has 0 saturated heterocycles. The van der Waals surface area contributed by atoms with Gasteiger partial charge in [0.15, 0.2) is 11.7 Å². The maximum absolute atomic E-state index is 12.2. The Morgan fingerprint density at radius 2 is 1.93 bits per heavy atom. The molecule has 0 aliphatic rings. The number of nitrogens with zero attached hydrogens (tertiary/aromatic N) is 2. The van der Waals surface area contributed by atoms with Crippen LogP contribution in [0.3, 0.4) is 0 Å². The van der Waals surface area contributed by atoms with Gasteiger partial charge in [0.25, 0.3) is 0 Å². The fourth-order valence-electron chi connectivity index (χ4n) is 2.53. The number of thiazole rings is 1. The van der Waals surface area contributed by atoms with Crippen LogP contribution in [0.25, 0.3) is 10.2 Å². The second kappa shape index (κ2) is 9.72. The van der Waals surface area contributed by atoms with Crippen LogP contribution in [0, 0.1) is 0 Å². The Morgan fingerprint density at radius 1 is 1.21 bits per heavy atom. The van der Waals surface area contributed by atoms with E-state index in [4.69, 9.17) is 4.74 Å². The van der Waals surface area contributed by atoms with E-state index in [1.165, 1.54) is 18.2 Å². The first-order valence-electron chi connectivity index (χ1n) is 8.89. The molecule has 2 rings (SSSR count). The molecule has 0 bridgehead atoms. The average molecular weight is 417 g/mol. The number of aromatic nitrogens is 1. The van der Waals surface area contributed by atoms with E-state index in [-0.39, 0.29) is 24.0 Å². The van der Waals surface area contributed by atoms with Crippen molar-refractivity contribution in [2.45, 2.75) is 39.3 Å². The first-order valence-corrected chi connectivity index (χ1v) is 9.71. The molecule has 154 valence electrons. The van der Waals surface area contributed by atoms with E-state index in [1.807, 2.05) is 13.8 Å². The topological polar surface area (TPSA) is 71.5 Å². The number of hydrogen-bond acceptors (Lipinski definition) is 5. The quantitative estimate of drug-likeness (QED) is 0.663. The van der Waals surface area contributed by atoms with Crippen LogP contribution in [-0.2, 0) is 9.59 Å². The highest BCUT2D eigenvalue weighted by Gasteiger charge is 2.28. The van der Waals surface area contributed by atoms with Crippen molar-refractivity contribution in [2.75, 3.05) is 25.0 Å². The lowest BCUT2D eigenvalue weighted by Gasteiger charge is -2.18. The lowest BCUT2D eigenvalue weighted by Crippen LogP contribution is -2.30. The molecule has 0 radical (unpaired) electrons. The highest BCUT2D eigenvalue weighted by molar-refractivity contribution is 7.22. The maximum atomic E-state index is 12.2. The molecule has 28 heavy (non-hydrogen) atoms. The smallest absolute Gasteiger partial charge is 0.422 e. The number of fused-ring (bicyclic) bond motifs is 1. The van der Waals surface area contributed by atoms with Crippen LogP contribution in [0.5, 0.6) is 5.75 Å². The zero-order valence-corrected chi connectivity index (χ0v) is 16.5. The lowest BCUT2D eigenvalue weighted by molar-refractivity contribution is -0.153. The summed E-state index contributed by atoms with van der Waals surface area (Å²) in [5.41, 5.74) is 0.552. The molecule has 0 unspecified atom stereocenters. The largest absolute Gasteiger partial charge is 0.484 e. The number of nitrogens with one attached hydrogen (secondary N) is 1. The maximum Gasteiger partial charge on any atom is 0.422 e. The standard InChI is InChI=1S/C18H22F3N3O3S/c1-3-24(4-2)16(26)7-5-6-15(25)23-17-22-13-9-8-12(10-14(13)28-17)27-11-18(19,20)21/h8-10H,3-7,11H2,1-2H3,(H,22,23,25). The predicted molar refractivity (Wildman–Crippen MR) is 102 cm³/mol. The van der Waals surface area contributed by atoms with Gasteiger partial charge in [-0.3, -0.25) is 9.59 Å². The van der Waals surface area contributed by atoms with Crippen LogP contribution in [0.1, 0.15) is 33.1 Å². The van der Waals surface area contributed by atoms with Gasteiger partial charge in [0, 0.05) is 25.9 Å². The molecule has 1 N–H and O–H groups in total. The van der Waals surface area contributed by atoms with E-state index in [2.05, 4.69) is 10.3 Å². The summed E-state index contributed by atoms with van der Waals surface area (Å²) in [5.74, 6) is -0.162. The van der Waals surface area contributed by atoms with Gasteiger partial charge in [-0.15, -0.1) is 0 Å². The van der Waals surface area contributed by atoms with E-state index in [0.717, 1.165) is 11.3 Å². The summed E-state index contributed by atoms with van der Waals surface area (Å²) in [6.07, 6.45) is -3.49. The SMILES string of the molecule is CCN(CC)C(=O)CCCC(=O)Nc1nc2ccc(OCC(F)(F)F)cc2s1. The number of alkyl halides is 3. The second-order valence-electron chi connectivity index (χ2n) is 6.02. The molecule has 1 aromatic carbocycles. The Hall–Kier alpha value is -2.36. The Balaban J connectivity index is 1.88. The Labute approximate surface area is 164 Å². The molecule has 0 aliphatic heterocycles. The molecule has 0 spiro atoms. The van der Waals surface area contributed by atoms with Crippen molar-refractivity contribution in [3.05, 3.63) is 18.2 Å². The number of hydrogen-bond donors (Lipinski definition) is 1. The minimum absolute atomic E-state index is 0.0178. The molecular formula is C18H22F3N3O3S. The van der Waals surface area contributed by atoms with Gasteiger partial charge in [-0.1, -0.05) is 11.3 Å². The van der Waals surface area contributed by atoms with Crippen LogP contribution in [0.15, 0.2) is 18.2 Å². The van der Waals surface area contributed by atoms with Gasteiger partial charge in [0.1, 0.15) is 5.75 Å². The molecule has 0 fully saturated rings. The molecule has 6 nitrogen and oxygen atoms in total. The molecule has 2 aromatic rings. The first-order chi connectivity index (χ1) is 13.2. The van der Waals surface area contributed by atoms with E-state index < -0.39 is 12.8 Å². The van der Waals surface area contributed by atoms with Gasteiger partial charge in [0.2, 0.25) is 11.8 Å². The van der Waals surface area contributed by atoms with Crippen LogP contribution in [-0.4, -0.2) is 47.6 Å². The van der Waals surface area contributed by atoms with Crippen LogP contribution < -0.4 is 10.1 Å². The van der Waals surface area contributed by atoms with Gasteiger partial charge in [-0.05, 0) is 38.5 Å². The second-order valence-corrected chi connectivity index (χ2v) is 7.05. The third kappa shape index (κ3) is 6.66. The zero-order valence-electron chi connectivity index (χ0n) is 15.6. The summed E-state index contributed by atoms with van der Waals surface area (Å²) in [7, 11) is 0. The van der Waals surface area contributed by atoms with Gasteiger partial charge < -0.3 is 15.0 Å². The molecule has 10 heteroatoms. The fourth-order valence-corrected chi connectivity index (χ4v) is 3.44. The summed E-state index contributed by atoms with van der Waals surface area (Å²) >= 11 is 1.15. The van der Waals surface area contributed by atoms with Crippen LogP contribution in [0.2, 0.25) is 0 Å². The Morgan fingerprint density at radius 3 is 2.57 bits per heavy atom. The summed E-state index contributed by atoms with van der Waals surface area (Å²) in [6.45, 7) is 3.72. The minimum atomic E-state index is -4.41. The highest BCUT2D eigenvalue weighted by Crippen LogP contribution is 2.30. The molecule has 0 aliphatic carbocycles. The number of amides is 2. The zero-order chi connectivity index (χ0) is 20.7. The van der Waals surface area contributed by atoms with Crippen molar-refractivity contribution in [1.82, 2.24) is 9.88 Å². The fraction of sp³-hybridized carbons (Fsp3) is 0.500. The van der Waals surface area contributed by atoms with Crippen LogP contribution in [0.4, 0.5) is 18.3 Å². The summed E-state index contributed by atoms with van der Waals surface area (Å²) in [6, 6.07) is 4.39. The Kier molecular flexibility index (Phi) is 7.61. The molecule has 1 aromatic heterocycles. The third-order valence-corrected chi connectivity index (χ3v) is 4.85. The van der Waals surface area contributed by atoms with Crippen molar-refractivity contribution in [1.29, 1.82) is 0 Å². The summed E-state index contributed by atoms with van der Waals surface area (Å²) < 4.78 is 42.0. The molecular weight excluding hydrogens is 395 g/mol. The molecule has 0 saturated carbocycles.